The zero-order chi connectivity index (χ0) is 15.3. The molecular weight excluding hydrogens is 258 g/mol. The van der Waals surface area contributed by atoms with E-state index in [9.17, 15) is 14.7 Å². The maximum absolute atomic E-state index is 11.9. The summed E-state index contributed by atoms with van der Waals surface area (Å²) >= 11 is 0. The Hall–Kier alpha value is -1.26. The third kappa shape index (κ3) is 5.02. The molecule has 0 aliphatic heterocycles. The minimum atomic E-state index is -0.768. The number of hydrogen-bond acceptors (Lipinski definition) is 3. The van der Waals surface area contributed by atoms with E-state index in [1.165, 1.54) is 0 Å². The Labute approximate surface area is 121 Å². The lowest BCUT2D eigenvalue weighted by Gasteiger charge is -2.35. The van der Waals surface area contributed by atoms with E-state index in [1.807, 2.05) is 27.7 Å². The van der Waals surface area contributed by atoms with E-state index in [4.69, 9.17) is 4.74 Å². The molecule has 1 fully saturated rings. The number of rotatable bonds is 4. The first kappa shape index (κ1) is 16.8. The summed E-state index contributed by atoms with van der Waals surface area (Å²) in [6.45, 7) is 7.34. The maximum atomic E-state index is 11.9. The second-order valence-corrected chi connectivity index (χ2v) is 6.55. The van der Waals surface area contributed by atoms with Crippen molar-refractivity contribution >= 4 is 12.1 Å². The van der Waals surface area contributed by atoms with Gasteiger partial charge in [0.05, 0.1) is 5.92 Å². The Morgan fingerprint density at radius 2 is 1.90 bits per heavy atom. The quantitative estimate of drug-likeness (QED) is 0.831. The fourth-order valence-electron chi connectivity index (χ4n) is 2.94. The van der Waals surface area contributed by atoms with Gasteiger partial charge in [-0.2, -0.15) is 0 Å². The summed E-state index contributed by atoms with van der Waals surface area (Å²) in [4.78, 5) is 23.2. The molecular formula is C15H27NO4. The van der Waals surface area contributed by atoms with Crippen LogP contribution in [0.25, 0.3) is 0 Å². The lowest BCUT2D eigenvalue weighted by atomic mass is 9.75. The summed E-state index contributed by atoms with van der Waals surface area (Å²) in [5.41, 5.74) is -0.537. The lowest BCUT2D eigenvalue weighted by Crippen LogP contribution is -2.47. The molecule has 3 atom stereocenters. The van der Waals surface area contributed by atoms with Crippen LogP contribution in [0, 0.1) is 11.8 Å². The number of amides is 1. The zero-order valence-electron chi connectivity index (χ0n) is 12.9. The van der Waals surface area contributed by atoms with Crippen LogP contribution in [0.5, 0.6) is 0 Å². The van der Waals surface area contributed by atoms with E-state index >= 15 is 0 Å². The van der Waals surface area contributed by atoms with Crippen LogP contribution in [0.2, 0.25) is 0 Å². The first-order chi connectivity index (χ1) is 9.24. The van der Waals surface area contributed by atoms with Gasteiger partial charge in [0.15, 0.2) is 0 Å². The van der Waals surface area contributed by atoms with Gasteiger partial charge in [-0.1, -0.05) is 19.8 Å². The smallest absolute Gasteiger partial charge is 0.407 e. The predicted octanol–water partition coefficient (Wildman–Crippen LogP) is 3.18. The second kappa shape index (κ2) is 6.95. The van der Waals surface area contributed by atoms with Gasteiger partial charge in [-0.05, 0) is 46.0 Å². The molecule has 5 heteroatoms. The third-order valence-corrected chi connectivity index (χ3v) is 3.80. The lowest BCUT2D eigenvalue weighted by molar-refractivity contribution is -0.144. The highest BCUT2D eigenvalue weighted by Gasteiger charge is 2.36. The minimum Gasteiger partial charge on any atom is -0.481 e. The molecule has 5 nitrogen and oxygen atoms in total. The molecule has 0 saturated heterocycles. The monoisotopic (exact) mass is 285 g/mol. The topological polar surface area (TPSA) is 75.6 Å². The molecule has 1 aliphatic carbocycles. The molecule has 20 heavy (non-hydrogen) atoms. The summed E-state index contributed by atoms with van der Waals surface area (Å²) in [5, 5.41) is 12.2. The molecule has 0 aromatic rings. The number of carbonyl (C=O) groups is 2. The van der Waals surface area contributed by atoms with Crippen LogP contribution < -0.4 is 5.32 Å². The number of ether oxygens (including phenoxy) is 1. The van der Waals surface area contributed by atoms with Crippen molar-refractivity contribution in [2.45, 2.75) is 71.4 Å². The molecule has 0 aromatic heterocycles. The van der Waals surface area contributed by atoms with Gasteiger partial charge in [0.1, 0.15) is 5.60 Å². The molecule has 1 saturated carbocycles. The summed E-state index contributed by atoms with van der Waals surface area (Å²) in [6, 6.07) is -0.0975. The van der Waals surface area contributed by atoms with Crippen molar-refractivity contribution in [3.63, 3.8) is 0 Å². The first-order valence-corrected chi connectivity index (χ1v) is 7.47. The summed E-state index contributed by atoms with van der Waals surface area (Å²) in [5.74, 6) is -1.16. The van der Waals surface area contributed by atoms with Gasteiger partial charge in [0.2, 0.25) is 0 Å². The maximum Gasteiger partial charge on any atom is 0.407 e. The van der Waals surface area contributed by atoms with E-state index in [-0.39, 0.29) is 12.0 Å². The molecule has 1 rings (SSSR count). The number of hydrogen-bond donors (Lipinski definition) is 2. The number of carboxylic acid groups (broad SMARTS) is 1. The van der Waals surface area contributed by atoms with Crippen LogP contribution >= 0.6 is 0 Å². The second-order valence-electron chi connectivity index (χ2n) is 6.55. The number of alkyl carbamates (subject to hydrolysis) is 1. The van der Waals surface area contributed by atoms with E-state index in [0.29, 0.717) is 6.42 Å². The number of aliphatic carboxylic acids is 1. The van der Waals surface area contributed by atoms with Crippen molar-refractivity contribution in [1.29, 1.82) is 0 Å². The molecule has 1 aliphatic rings. The van der Waals surface area contributed by atoms with Gasteiger partial charge in [-0.25, -0.2) is 4.79 Å². The highest BCUT2D eigenvalue weighted by Crippen LogP contribution is 2.32. The Morgan fingerprint density at radius 3 is 2.40 bits per heavy atom. The molecule has 0 unspecified atom stereocenters. The fourth-order valence-corrected chi connectivity index (χ4v) is 2.94. The Kier molecular flexibility index (Phi) is 5.84. The van der Waals surface area contributed by atoms with Crippen LogP contribution in [0.4, 0.5) is 4.79 Å². The Bertz CT molecular complexity index is 348. The molecule has 0 bridgehead atoms. The molecule has 0 heterocycles. The van der Waals surface area contributed by atoms with Crippen molar-refractivity contribution in [1.82, 2.24) is 5.32 Å². The molecule has 0 radical (unpaired) electrons. The van der Waals surface area contributed by atoms with Gasteiger partial charge in [0.25, 0.3) is 0 Å². The Balaban J connectivity index is 2.69. The molecule has 1 amide bonds. The van der Waals surface area contributed by atoms with Crippen LogP contribution in [0.15, 0.2) is 0 Å². The summed E-state index contributed by atoms with van der Waals surface area (Å²) in [7, 11) is 0. The van der Waals surface area contributed by atoms with Gasteiger partial charge in [-0.3, -0.25) is 4.79 Å². The highest BCUT2D eigenvalue weighted by atomic mass is 16.6. The van der Waals surface area contributed by atoms with Gasteiger partial charge < -0.3 is 15.2 Å². The number of nitrogens with one attached hydrogen (secondary N) is 1. The minimum absolute atomic E-state index is 0.00114. The van der Waals surface area contributed by atoms with Crippen molar-refractivity contribution in [3.8, 4) is 0 Å². The SMILES string of the molecule is CC[C@H](C(=O)O)[C@@H]1CCCC[C@H]1NC(=O)OC(C)(C)C. The van der Waals surface area contributed by atoms with Gasteiger partial charge in [0, 0.05) is 6.04 Å². The normalized spacial score (nSPS) is 24.8. The average Bonchev–Trinajstić information content (AvgIpc) is 2.29. The molecule has 116 valence electrons. The third-order valence-electron chi connectivity index (χ3n) is 3.80. The van der Waals surface area contributed by atoms with Crippen LogP contribution in [0.3, 0.4) is 0 Å². The molecule has 2 N–H and O–H groups in total. The van der Waals surface area contributed by atoms with Crippen LogP contribution in [-0.4, -0.2) is 28.8 Å². The number of carbonyl (C=O) groups excluding carboxylic acids is 1. The van der Waals surface area contributed by atoms with Crippen molar-refractivity contribution < 1.29 is 19.4 Å². The zero-order valence-corrected chi connectivity index (χ0v) is 12.9. The largest absolute Gasteiger partial charge is 0.481 e. The van der Waals surface area contributed by atoms with Crippen LogP contribution in [-0.2, 0) is 9.53 Å². The van der Waals surface area contributed by atoms with E-state index in [1.54, 1.807) is 0 Å². The average molecular weight is 285 g/mol. The highest BCUT2D eigenvalue weighted by molar-refractivity contribution is 5.71. The first-order valence-electron chi connectivity index (χ1n) is 7.47. The van der Waals surface area contributed by atoms with Crippen molar-refractivity contribution in [2.75, 3.05) is 0 Å². The van der Waals surface area contributed by atoms with Gasteiger partial charge in [-0.15, -0.1) is 0 Å². The van der Waals surface area contributed by atoms with E-state index in [0.717, 1.165) is 25.7 Å². The molecule has 0 aromatic carbocycles. The molecule has 0 spiro atoms. The standard InChI is InChI=1S/C15H27NO4/c1-5-10(13(17)18)11-8-6-7-9-12(11)16-14(19)20-15(2,3)4/h10-12H,5-9H2,1-4H3,(H,16,19)(H,17,18)/t10-,11-,12+/m0/s1. The van der Waals surface area contributed by atoms with Gasteiger partial charge >= 0.3 is 12.1 Å². The summed E-state index contributed by atoms with van der Waals surface area (Å²) < 4.78 is 5.27. The van der Waals surface area contributed by atoms with E-state index < -0.39 is 23.6 Å². The van der Waals surface area contributed by atoms with Crippen LogP contribution in [0.1, 0.15) is 59.8 Å². The fraction of sp³-hybridized carbons (Fsp3) is 0.867. The number of carboxylic acids is 1. The van der Waals surface area contributed by atoms with E-state index in [2.05, 4.69) is 5.32 Å². The summed E-state index contributed by atoms with van der Waals surface area (Å²) in [6.07, 6.45) is 3.87. The van der Waals surface area contributed by atoms with Crippen molar-refractivity contribution in [3.05, 3.63) is 0 Å². The Morgan fingerprint density at radius 1 is 1.30 bits per heavy atom. The van der Waals surface area contributed by atoms with Crippen molar-refractivity contribution in [2.24, 2.45) is 11.8 Å². The predicted molar refractivity (Wildman–Crippen MR) is 76.5 cm³/mol.